The average Bonchev–Trinajstić information content (AvgIpc) is 3.39. The van der Waals surface area contributed by atoms with Crippen LogP contribution in [0.4, 0.5) is 0 Å². The van der Waals surface area contributed by atoms with Gasteiger partial charge in [0.15, 0.2) is 0 Å². The Bertz CT molecular complexity index is 1140. The third kappa shape index (κ3) is 3.48. The fraction of sp³-hybridized carbons (Fsp3) is 0.579. The van der Waals surface area contributed by atoms with Crippen LogP contribution >= 0.6 is 0 Å². The minimum absolute atomic E-state index is 0.00749. The summed E-state index contributed by atoms with van der Waals surface area (Å²) in [5.41, 5.74) is -1.24. The molecule has 4 rings (SSSR count). The first-order chi connectivity index (χ1) is 13.2. The van der Waals surface area contributed by atoms with E-state index in [1.54, 1.807) is 6.07 Å². The summed E-state index contributed by atoms with van der Waals surface area (Å²) in [7, 11) is -3.75. The Hall–Kier alpha value is -2.13. The van der Waals surface area contributed by atoms with Crippen molar-refractivity contribution in [1.29, 1.82) is 0 Å². The average molecular weight is 407 g/mol. The highest BCUT2D eigenvalue weighted by atomic mass is 32.2. The Kier molecular flexibility index (Phi) is 4.62. The molecule has 2 saturated carbocycles. The lowest BCUT2D eigenvalue weighted by atomic mass is 9.89. The predicted octanol–water partition coefficient (Wildman–Crippen LogP) is 1.29. The number of hydrogen-bond acceptors (Lipinski definition) is 5. The predicted molar refractivity (Wildman–Crippen MR) is 107 cm³/mol. The van der Waals surface area contributed by atoms with Gasteiger partial charge in [0.05, 0.1) is 15.8 Å². The van der Waals surface area contributed by atoms with Crippen LogP contribution in [-0.4, -0.2) is 23.2 Å². The van der Waals surface area contributed by atoms with Crippen molar-refractivity contribution >= 4 is 20.9 Å². The van der Waals surface area contributed by atoms with Gasteiger partial charge in [0, 0.05) is 12.1 Å². The summed E-state index contributed by atoms with van der Waals surface area (Å²) in [5.74, 6) is 6.08. The van der Waals surface area contributed by atoms with Crippen LogP contribution in [0.5, 0.6) is 0 Å². The van der Waals surface area contributed by atoms with Gasteiger partial charge in [-0.3, -0.25) is 9.36 Å². The number of benzene rings is 1. The largest absolute Gasteiger partial charge is 0.350 e. The number of fused-ring (bicyclic) bond motifs is 1. The second-order valence-corrected chi connectivity index (χ2v) is 10.1. The van der Waals surface area contributed by atoms with Crippen molar-refractivity contribution < 1.29 is 8.42 Å². The van der Waals surface area contributed by atoms with Gasteiger partial charge >= 0.3 is 5.69 Å². The van der Waals surface area contributed by atoms with Crippen molar-refractivity contribution in [1.82, 2.24) is 14.0 Å². The van der Waals surface area contributed by atoms with Crippen LogP contribution in [0.15, 0.2) is 32.7 Å². The maximum absolute atomic E-state index is 12.7. The molecule has 2 aliphatic carbocycles. The van der Waals surface area contributed by atoms with E-state index in [0.717, 1.165) is 38.5 Å². The topological polar surface area (TPSA) is 116 Å². The van der Waals surface area contributed by atoms with Crippen LogP contribution in [0.3, 0.4) is 0 Å². The lowest BCUT2D eigenvalue weighted by Gasteiger charge is -2.23. The van der Waals surface area contributed by atoms with Gasteiger partial charge in [-0.2, -0.15) is 4.68 Å². The van der Waals surface area contributed by atoms with Gasteiger partial charge in [-0.05, 0) is 56.7 Å². The molecule has 0 saturated heterocycles. The van der Waals surface area contributed by atoms with E-state index in [4.69, 9.17) is 5.84 Å². The molecule has 2 fully saturated rings. The summed E-state index contributed by atoms with van der Waals surface area (Å²) >= 11 is 0. The normalized spacial score (nSPS) is 19.8. The summed E-state index contributed by atoms with van der Waals surface area (Å²) in [6.07, 6.45) is 7.11. The van der Waals surface area contributed by atoms with Crippen molar-refractivity contribution in [3.8, 4) is 0 Å². The maximum atomic E-state index is 12.7. The van der Waals surface area contributed by atoms with Crippen LogP contribution in [-0.2, 0) is 16.6 Å². The summed E-state index contributed by atoms with van der Waals surface area (Å²) in [6.45, 7) is 2.33. The summed E-state index contributed by atoms with van der Waals surface area (Å²) in [4.78, 5) is 25.2. The minimum atomic E-state index is -3.75. The number of nitrogens with two attached hydrogens (primary N) is 1. The van der Waals surface area contributed by atoms with Gasteiger partial charge < -0.3 is 5.84 Å². The molecule has 8 nitrogen and oxygen atoms in total. The molecule has 0 atom stereocenters. The molecule has 0 spiro atoms. The number of hydrogen-bond donors (Lipinski definition) is 2. The number of aromatic nitrogens is 2. The lowest BCUT2D eigenvalue weighted by Crippen LogP contribution is -2.45. The number of nitrogens with zero attached hydrogens (tertiary/aromatic N) is 2. The number of sulfonamides is 1. The Morgan fingerprint density at radius 1 is 1.18 bits per heavy atom. The summed E-state index contributed by atoms with van der Waals surface area (Å²) in [6, 6.07) is 4.32. The van der Waals surface area contributed by atoms with Crippen molar-refractivity contribution in [2.24, 2.45) is 5.92 Å². The van der Waals surface area contributed by atoms with Gasteiger partial charge in [0.1, 0.15) is 0 Å². The first kappa shape index (κ1) is 19.2. The van der Waals surface area contributed by atoms with E-state index >= 15 is 0 Å². The monoisotopic (exact) mass is 406 g/mol. The van der Waals surface area contributed by atoms with Gasteiger partial charge in [0.25, 0.3) is 5.56 Å². The number of nitrogens with one attached hydrogen (secondary N) is 1. The SMILES string of the molecule is CC1(NS(=O)(=O)c2ccc3c(c2)c(=O)n(N)c(=O)n3CC2CCCCC2)CC1. The molecule has 0 amide bonds. The molecule has 1 heterocycles. The Labute approximate surface area is 163 Å². The van der Waals surface area contributed by atoms with Crippen LogP contribution in [0.25, 0.3) is 10.9 Å². The quantitative estimate of drug-likeness (QED) is 0.726. The second-order valence-electron chi connectivity index (χ2n) is 8.42. The third-order valence-electron chi connectivity index (χ3n) is 6.00. The Balaban J connectivity index is 1.80. The molecule has 152 valence electrons. The molecule has 3 N–H and O–H groups in total. The molecular formula is C19H26N4O4S. The highest BCUT2D eigenvalue weighted by Crippen LogP contribution is 2.36. The van der Waals surface area contributed by atoms with Gasteiger partial charge in [-0.1, -0.05) is 19.3 Å². The van der Waals surface area contributed by atoms with Crippen LogP contribution < -0.4 is 21.8 Å². The highest BCUT2D eigenvalue weighted by molar-refractivity contribution is 7.89. The molecule has 2 aromatic rings. The molecule has 9 heteroatoms. The van der Waals surface area contributed by atoms with E-state index in [1.165, 1.54) is 23.1 Å². The van der Waals surface area contributed by atoms with Gasteiger partial charge in [-0.15, -0.1) is 0 Å². The zero-order valence-electron chi connectivity index (χ0n) is 16.0. The van der Waals surface area contributed by atoms with Crippen molar-refractivity contribution in [3.63, 3.8) is 0 Å². The van der Waals surface area contributed by atoms with E-state index in [0.29, 0.717) is 22.7 Å². The number of rotatable bonds is 5. The zero-order chi connectivity index (χ0) is 20.1. The first-order valence-corrected chi connectivity index (χ1v) is 11.3. The van der Waals surface area contributed by atoms with Crippen molar-refractivity contribution in [3.05, 3.63) is 39.0 Å². The standard InChI is InChI=1S/C19H26N4O4S/c1-19(9-10-19)21-28(26,27)14-7-8-16-15(11-14)17(24)23(20)18(25)22(16)12-13-5-3-2-4-6-13/h7-8,11,13,21H,2-6,9-10,12,20H2,1H3. The van der Waals surface area contributed by atoms with E-state index in [-0.39, 0.29) is 10.3 Å². The number of nitrogen functional groups attached to an aromatic ring is 1. The Morgan fingerprint density at radius 3 is 2.50 bits per heavy atom. The third-order valence-corrected chi connectivity index (χ3v) is 7.64. The van der Waals surface area contributed by atoms with E-state index in [9.17, 15) is 18.0 Å². The molecule has 28 heavy (non-hydrogen) atoms. The fourth-order valence-corrected chi connectivity index (χ4v) is 5.51. The molecule has 2 aliphatic rings. The van der Waals surface area contributed by atoms with Crippen LogP contribution in [0, 0.1) is 5.92 Å². The van der Waals surface area contributed by atoms with Crippen molar-refractivity contribution in [2.75, 3.05) is 5.84 Å². The summed E-state index contributed by atoms with van der Waals surface area (Å²) in [5, 5.41) is 0.140. The zero-order valence-corrected chi connectivity index (χ0v) is 16.8. The second kappa shape index (κ2) is 6.73. The molecule has 0 radical (unpaired) electrons. The highest BCUT2D eigenvalue weighted by Gasteiger charge is 2.41. The fourth-order valence-electron chi connectivity index (χ4n) is 4.02. The van der Waals surface area contributed by atoms with Crippen LogP contribution in [0.2, 0.25) is 0 Å². The molecule has 0 bridgehead atoms. The first-order valence-electron chi connectivity index (χ1n) is 9.79. The molecule has 0 aliphatic heterocycles. The van der Waals surface area contributed by atoms with Gasteiger partial charge in [0.2, 0.25) is 10.0 Å². The van der Waals surface area contributed by atoms with Crippen molar-refractivity contribution in [2.45, 2.75) is 68.8 Å². The van der Waals surface area contributed by atoms with Crippen LogP contribution in [0.1, 0.15) is 51.9 Å². The lowest BCUT2D eigenvalue weighted by molar-refractivity contribution is 0.317. The minimum Gasteiger partial charge on any atom is -0.332 e. The Morgan fingerprint density at radius 2 is 1.86 bits per heavy atom. The van der Waals surface area contributed by atoms with E-state index in [2.05, 4.69) is 4.72 Å². The molecule has 0 unspecified atom stereocenters. The molecular weight excluding hydrogens is 380 g/mol. The molecule has 1 aromatic heterocycles. The summed E-state index contributed by atoms with van der Waals surface area (Å²) < 4.78 is 30.1. The maximum Gasteiger partial charge on any atom is 0.350 e. The van der Waals surface area contributed by atoms with Gasteiger partial charge in [-0.25, -0.2) is 17.9 Å². The van der Waals surface area contributed by atoms with E-state index in [1.807, 2.05) is 6.92 Å². The van der Waals surface area contributed by atoms with E-state index < -0.39 is 26.8 Å². The molecule has 1 aromatic carbocycles. The smallest absolute Gasteiger partial charge is 0.332 e.